The van der Waals surface area contributed by atoms with Crippen LogP contribution in [0.4, 0.5) is 5.69 Å². The quantitative estimate of drug-likeness (QED) is 0.541. The van der Waals surface area contributed by atoms with Crippen molar-refractivity contribution in [2.45, 2.75) is 25.0 Å². The normalized spacial score (nSPS) is 20.5. The highest BCUT2D eigenvalue weighted by molar-refractivity contribution is 5.48. The van der Waals surface area contributed by atoms with Crippen LogP contribution in [0.25, 0.3) is 0 Å². The van der Waals surface area contributed by atoms with Crippen molar-refractivity contribution in [3.8, 4) is 11.5 Å². The molecule has 0 aliphatic heterocycles. The number of methoxy groups -OCH3 is 2. The highest BCUT2D eigenvalue weighted by atomic mass is 16.6. The third-order valence-corrected chi connectivity index (χ3v) is 3.99. The van der Waals surface area contributed by atoms with Crippen LogP contribution in [0.15, 0.2) is 18.2 Å². The van der Waals surface area contributed by atoms with E-state index in [1.807, 2.05) is 0 Å². The molecule has 1 aromatic carbocycles. The van der Waals surface area contributed by atoms with Crippen LogP contribution >= 0.6 is 0 Å². The van der Waals surface area contributed by atoms with Crippen molar-refractivity contribution in [2.24, 2.45) is 0 Å². The van der Waals surface area contributed by atoms with Gasteiger partial charge in [0.05, 0.1) is 24.7 Å². The third-order valence-electron chi connectivity index (χ3n) is 3.99. The standard InChI is InChI=1S/C15H22N2O5/c1-16(6-7-20-2)12-8-13(9-12)22-14-5-4-11(17(18)19)10-15(14)21-3/h4-5,10,12-13H,6-9H2,1-3H3. The number of hydrogen-bond donors (Lipinski definition) is 0. The van der Waals surface area contributed by atoms with Crippen LogP contribution in [0.3, 0.4) is 0 Å². The number of likely N-dealkylation sites (N-methyl/N-ethyl adjacent to an activating group) is 1. The summed E-state index contributed by atoms with van der Waals surface area (Å²) in [5.41, 5.74) is -0.00464. The van der Waals surface area contributed by atoms with Gasteiger partial charge < -0.3 is 19.1 Å². The summed E-state index contributed by atoms with van der Waals surface area (Å²) in [6, 6.07) is 4.90. The minimum absolute atomic E-state index is 0.00464. The fraction of sp³-hybridized carbons (Fsp3) is 0.600. The number of nitro groups is 1. The average Bonchev–Trinajstić information content (AvgIpc) is 2.47. The molecule has 0 atom stereocenters. The van der Waals surface area contributed by atoms with E-state index in [2.05, 4.69) is 11.9 Å². The highest BCUT2D eigenvalue weighted by Crippen LogP contribution is 2.36. The summed E-state index contributed by atoms with van der Waals surface area (Å²) in [7, 11) is 5.25. The Morgan fingerprint density at radius 2 is 2.05 bits per heavy atom. The molecule has 1 saturated carbocycles. The molecule has 0 amide bonds. The number of nitro benzene ring substituents is 1. The van der Waals surface area contributed by atoms with E-state index in [0.717, 1.165) is 19.4 Å². The van der Waals surface area contributed by atoms with Crippen LogP contribution < -0.4 is 9.47 Å². The van der Waals surface area contributed by atoms with E-state index in [4.69, 9.17) is 14.2 Å². The second-order valence-electron chi connectivity index (χ2n) is 5.43. The maximum Gasteiger partial charge on any atom is 0.273 e. The van der Waals surface area contributed by atoms with Crippen LogP contribution in [0, 0.1) is 10.1 Å². The first kappa shape index (κ1) is 16.5. The van der Waals surface area contributed by atoms with Crippen molar-refractivity contribution in [2.75, 3.05) is 34.4 Å². The Morgan fingerprint density at radius 3 is 2.64 bits per heavy atom. The average molecular weight is 310 g/mol. The van der Waals surface area contributed by atoms with E-state index < -0.39 is 4.92 Å². The van der Waals surface area contributed by atoms with Gasteiger partial charge in [-0.2, -0.15) is 0 Å². The molecule has 2 rings (SSSR count). The second-order valence-corrected chi connectivity index (χ2v) is 5.43. The first-order valence-electron chi connectivity index (χ1n) is 7.23. The Bertz CT molecular complexity index is 517. The maximum atomic E-state index is 10.8. The molecule has 1 aromatic rings. The van der Waals surface area contributed by atoms with Gasteiger partial charge in [0.2, 0.25) is 0 Å². The molecule has 0 saturated heterocycles. The van der Waals surface area contributed by atoms with E-state index in [0.29, 0.717) is 24.1 Å². The van der Waals surface area contributed by atoms with Crippen LogP contribution in [0.2, 0.25) is 0 Å². The van der Waals surface area contributed by atoms with Gasteiger partial charge in [-0.1, -0.05) is 0 Å². The van der Waals surface area contributed by atoms with Crippen molar-refractivity contribution in [3.63, 3.8) is 0 Å². The first-order valence-corrected chi connectivity index (χ1v) is 7.23. The summed E-state index contributed by atoms with van der Waals surface area (Å²) in [5.74, 6) is 0.946. The molecule has 0 N–H and O–H groups in total. The van der Waals surface area contributed by atoms with E-state index >= 15 is 0 Å². The number of rotatable bonds is 8. The molecule has 0 aromatic heterocycles. The topological polar surface area (TPSA) is 74.1 Å². The third kappa shape index (κ3) is 3.86. The predicted octanol–water partition coefficient (Wildman–Crippen LogP) is 2.09. The lowest BCUT2D eigenvalue weighted by molar-refractivity contribution is -0.385. The van der Waals surface area contributed by atoms with Gasteiger partial charge in [0.15, 0.2) is 11.5 Å². The number of ether oxygens (including phenoxy) is 3. The van der Waals surface area contributed by atoms with Gasteiger partial charge in [-0.15, -0.1) is 0 Å². The Balaban J connectivity index is 1.89. The van der Waals surface area contributed by atoms with E-state index in [9.17, 15) is 10.1 Å². The first-order chi connectivity index (χ1) is 10.5. The SMILES string of the molecule is COCCN(C)C1CC(Oc2ccc([N+](=O)[O-])cc2OC)C1. The molecule has 7 heteroatoms. The van der Waals surface area contributed by atoms with Gasteiger partial charge in [0, 0.05) is 38.6 Å². The minimum Gasteiger partial charge on any atom is -0.493 e. The van der Waals surface area contributed by atoms with Gasteiger partial charge in [-0.3, -0.25) is 10.1 Å². The fourth-order valence-electron chi connectivity index (χ4n) is 2.46. The zero-order valence-corrected chi connectivity index (χ0v) is 13.2. The molecule has 0 radical (unpaired) electrons. The van der Waals surface area contributed by atoms with Gasteiger partial charge in [-0.05, 0) is 13.1 Å². The Kier molecular flexibility index (Phi) is 5.57. The molecule has 7 nitrogen and oxygen atoms in total. The molecule has 0 bridgehead atoms. The Morgan fingerprint density at radius 1 is 1.32 bits per heavy atom. The summed E-state index contributed by atoms with van der Waals surface area (Å²) in [6.07, 6.45) is 1.98. The molecule has 1 aliphatic carbocycles. The van der Waals surface area contributed by atoms with Gasteiger partial charge in [0.1, 0.15) is 6.10 Å². The van der Waals surface area contributed by atoms with E-state index in [1.165, 1.54) is 19.2 Å². The zero-order valence-electron chi connectivity index (χ0n) is 13.2. The summed E-state index contributed by atoms with van der Waals surface area (Å²) in [6.45, 7) is 1.61. The van der Waals surface area contributed by atoms with Crippen molar-refractivity contribution in [3.05, 3.63) is 28.3 Å². The number of hydrogen-bond acceptors (Lipinski definition) is 6. The molecular formula is C15H22N2O5. The van der Waals surface area contributed by atoms with Gasteiger partial charge in [-0.25, -0.2) is 0 Å². The Hall–Kier alpha value is -1.86. The van der Waals surface area contributed by atoms with Crippen molar-refractivity contribution in [1.82, 2.24) is 4.90 Å². The second kappa shape index (κ2) is 7.42. The molecular weight excluding hydrogens is 288 g/mol. The van der Waals surface area contributed by atoms with Crippen LogP contribution in [0.5, 0.6) is 11.5 Å². The molecule has 1 fully saturated rings. The molecule has 22 heavy (non-hydrogen) atoms. The molecule has 122 valence electrons. The molecule has 1 aliphatic rings. The molecule has 0 heterocycles. The highest BCUT2D eigenvalue weighted by Gasteiger charge is 2.34. The smallest absolute Gasteiger partial charge is 0.273 e. The van der Waals surface area contributed by atoms with E-state index in [-0.39, 0.29) is 11.8 Å². The Labute approximate surface area is 129 Å². The molecule has 0 unspecified atom stereocenters. The maximum absolute atomic E-state index is 10.8. The number of nitrogens with zero attached hydrogens (tertiary/aromatic N) is 2. The van der Waals surface area contributed by atoms with Crippen LogP contribution in [-0.2, 0) is 4.74 Å². The lowest BCUT2D eigenvalue weighted by atomic mass is 9.88. The van der Waals surface area contributed by atoms with Crippen molar-refractivity contribution >= 4 is 5.69 Å². The van der Waals surface area contributed by atoms with Gasteiger partial charge in [0.25, 0.3) is 5.69 Å². The summed E-state index contributed by atoms with van der Waals surface area (Å²) < 4.78 is 16.1. The zero-order chi connectivity index (χ0) is 16.1. The van der Waals surface area contributed by atoms with Gasteiger partial charge >= 0.3 is 0 Å². The fourth-order valence-corrected chi connectivity index (χ4v) is 2.46. The van der Waals surface area contributed by atoms with Crippen molar-refractivity contribution < 1.29 is 19.1 Å². The van der Waals surface area contributed by atoms with E-state index in [1.54, 1.807) is 13.2 Å². The van der Waals surface area contributed by atoms with Crippen LogP contribution in [-0.4, -0.2) is 56.4 Å². The molecule has 0 spiro atoms. The summed E-state index contributed by atoms with van der Waals surface area (Å²) in [5, 5.41) is 10.8. The minimum atomic E-state index is -0.448. The predicted molar refractivity (Wildman–Crippen MR) is 81.6 cm³/mol. The summed E-state index contributed by atoms with van der Waals surface area (Å²) >= 11 is 0. The largest absolute Gasteiger partial charge is 0.493 e. The lowest BCUT2D eigenvalue weighted by Gasteiger charge is -2.41. The monoisotopic (exact) mass is 310 g/mol. The number of non-ortho nitro benzene ring substituents is 1. The van der Waals surface area contributed by atoms with Crippen LogP contribution in [0.1, 0.15) is 12.8 Å². The van der Waals surface area contributed by atoms with Crippen molar-refractivity contribution in [1.29, 1.82) is 0 Å². The lowest BCUT2D eigenvalue weighted by Crippen LogP contribution is -2.48. The number of benzene rings is 1. The summed E-state index contributed by atoms with van der Waals surface area (Å²) in [4.78, 5) is 12.6.